The third-order valence-corrected chi connectivity index (χ3v) is 7.58. The summed E-state index contributed by atoms with van der Waals surface area (Å²) in [4.78, 5) is 16.2. The number of rotatable bonds is 9. The molecule has 9 heteroatoms. The van der Waals surface area contributed by atoms with Gasteiger partial charge in [-0.1, -0.05) is 42.5 Å². The lowest BCUT2D eigenvalue weighted by atomic mass is 10.1. The van der Waals surface area contributed by atoms with Crippen molar-refractivity contribution >= 4 is 27.4 Å². The molecule has 0 saturated carbocycles. The first-order valence-electron chi connectivity index (χ1n) is 11.4. The minimum atomic E-state index is -4.00. The zero-order valence-corrected chi connectivity index (χ0v) is 20.3. The molecule has 0 unspecified atom stereocenters. The maximum absolute atomic E-state index is 12.9. The third-order valence-electron chi connectivity index (χ3n) is 6.10. The largest absolute Gasteiger partial charge is 0.495 e. The number of hydrogen-bond acceptors (Lipinski definition) is 6. The number of piperazine rings is 1. The fourth-order valence-electron chi connectivity index (χ4n) is 4.22. The first kappa shape index (κ1) is 24.6. The summed E-state index contributed by atoms with van der Waals surface area (Å²) < 4.78 is 33.6. The van der Waals surface area contributed by atoms with Crippen molar-refractivity contribution in [2.75, 3.05) is 43.1 Å². The van der Waals surface area contributed by atoms with Crippen LogP contribution < -0.4 is 19.3 Å². The molecule has 0 spiro atoms. The summed E-state index contributed by atoms with van der Waals surface area (Å²) in [5.41, 5.74) is 2.72. The van der Waals surface area contributed by atoms with Crippen LogP contribution in [0, 0.1) is 0 Å². The van der Waals surface area contributed by atoms with Gasteiger partial charge in [-0.2, -0.15) is 4.72 Å². The van der Waals surface area contributed by atoms with Gasteiger partial charge in [-0.25, -0.2) is 8.42 Å². The molecule has 0 radical (unpaired) electrons. The Morgan fingerprint density at radius 1 is 0.914 bits per heavy atom. The number of nitrogens with zero attached hydrogens (tertiary/aromatic N) is 2. The van der Waals surface area contributed by atoms with Gasteiger partial charge in [0, 0.05) is 31.9 Å². The Kier molecular flexibility index (Phi) is 7.57. The Morgan fingerprint density at radius 3 is 2.14 bits per heavy atom. The molecule has 1 fully saturated rings. The molecule has 1 atom stereocenters. The molecule has 1 aliphatic rings. The smallest absolute Gasteiger partial charge is 0.322 e. The van der Waals surface area contributed by atoms with Crippen LogP contribution in [0.25, 0.3) is 0 Å². The number of aliphatic carboxylic acids is 1. The monoisotopic (exact) mass is 495 g/mol. The van der Waals surface area contributed by atoms with Crippen LogP contribution in [0.3, 0.4) is 0 Å². The molecule has 0 bridgehead atoms. The van der Waals surface area contributed by atoms with E-state index >= 15 is 0 Å². The fourth-order valence-corrected chi connectivity index (χ4v) is 5.41. The quantitative estimate of drug-likeness (QED) is 0.471. The molecule has 0 aromatic heterocycles. The van der Waals surface area contributed by atoms with Crippen LogP contribution >= 0.6 is 0 Å². The van der Waals surface area contributed by atoms with Crippen molar-refractivity contribution < 1.29 is 23.1 Å². The molecular weight excluding hydrogens is 466 g/mol. The number of anilines is 2. The van der Waals surface area contributed by atoms with E-state index in [1.54, 1.807) is 43.5 Å². The number of hydrogen-bond donors (Lipinski definition) is 2. The van der Waals surface area contributed by atoms with Gasteiger partial charge in [-0.05, 0) is 48.4 Å². The second kappa shape index (κ2) is 10.8. The van der Waals surface area contributed by atoms with Gasteiger partial charge in [-0.3, -0.25) is 4.79 Å². The SMILES string of the molecule is COc1ccccc1N1CCN(c2ccc(S(=O)(=O)N[C@@H](Cc3ccccc3)C(=O)O)cc2)CC1. The molecule has 0 aliphatic carbocycles. The summed E-state index contributed by atoms with van der Waals surface area (Å²) in [6, 6.07) is 22.2. The van der Waals surface area contributed by atoms with Gasteiger partial charge in [0.2, 0.25) is 10.0 Å². The Morgan fingerprint density at radius 2 is 1.51 bits per heavy atom. The number of carboxylic acid groups (broad SMARTS) is 1. The highest BCUT2D eigenvalue weighted by Gasteiger charge is 2.26. The van der Waals surface area contributed by atoms with Crippen LogP contribution in [-0.2, 0) is 21.2 Å². The van der Waals surface area contributed by atoms with Crippen molar-refractivity contribution in [2.24, 2.45) is 0 Å². The first-order chi connectivity index (χ1) is 16.9. The standard InChI is InChI=1S/C26H29N3O5S/c1-34-25-10-6-5-9-24(25)29-17-15-28(16-18-29)21-11-13-22(14-12-21)35(32,33)27-23(26(30)31)19-20-7-3-2-4-8-20/h2-14,23,27H,15-19H2,1H3,(H,30,31)/t23-/m0/s1. The lowest BCUT2D eigenvalue weighted by molar-refractivity contribution is -0.138. The van der Waals surface area contributed by atoms with Gasteiger partial charge in [0.1, 0.15) is 11.8 Å². The van der Waals surface area contributed by atoms with E-state index in [4.69, 9.17) is 4.74 Å². The van der Waals surface area contributed by atoms with E-state index in [0.29, 0.717) is 0 Å². The van der Waals surface area contributed by atoms with E-state index in [2.05, 4.69) is 14.5 Å². The Bertz CT molecular complexity index is 1240. The molecule has 3 aromatic rings. The normalized spacial score (nSPS) is 15.0. The van der Waals surface area contributed by atoms with E-state index < -0.39 is 22.0 Å². The van der Waals surface area contributed by atoms with Crippen LogP contribution in [0.5, 0.6) is 5.75 Å². The van der Waals surface area contributed by atoms with Gasteiger partial charge >= 0.3 is 5.97 Å². The maximum atomic E-state index is 12.9. The second-order valence-corrected chi connectivity index (χ2v) is 10.1. The lowest BCUT2D eigenvalue weighted by Crippen LogP contribution is -2.46. The molecule has 1 saturated heterocycles. The van der Waals surface area contributed by atoms with Crippen molar-refractivity contribution in [3.8, 4) is 5.75 Å². The summed E-state index contributed by atoms with van der Waals surface area (Å²) in [5.74, 6) is -0.378. The highest BCUT2D eigenvalue weighted by Crippen LogP contribution is 2.29. The number of benzene rings is 3. The summed E-state index contributed by atoms with van der Waals surface area (Å²) in [6.07, 6.45) is 0.0595. The molecule has 1 heterocycles. The average molecular weight is 496 g/mol. The highest BCUT2D eigenvalue weighted by atomic mass is 32.2. The average Bonchev–Trinajstić information content (AvgIpc) is 2.89. The molecule has 8 nitrogen and oxygen atoms in total. The summed E-state index contributed by atoms with van der Waals surface area (Å²) >= 11 is 0. The van der Waals surface area contributed by atoms with Gasteiger partial charge in [-0.15, -0.1) is 0 Å². The van der Waals surface area contributed by atoms with Crippen LogP contribution in [-0.4, -0.2) is 58.8 Å². The molecule has 184 valence electrons. The van der Waals surface area contributed by atoms with Gasteiger partial charge in [0.25, 0.3) is 0 Å². The molecular formula is C26H29N3O5S. The number of sulfonamides is 1. The molecule has 3 aromatic carbocycles. The Hall–Kier alpha value is -3.56. The van der Waals surface area contributed by atoms with E-state index in [1.807, 2.05) is 30.3 Å². The predicted molar refractivity (Wildman–Crippen MR) is 136 cm³/mol. The van der Waals surface area contributed by atoms with E-state index in [9.17, 15) is 18.3 Å². The topological polar surface area (TPSA) is 99.2 Å². The van der Waals surface area contributed by atoms with E-state index in [-0.39, 0.29) is 11.3 Å². The van der Waals surface area contributed by atoms with Gasteiger partial charge in [0.15, 0.2) is 0 Å². The van der Waals surface area contributed by atoms with E-state index in [1.165, 1.54) is 12.1 Å². The third kappa shape index (κ3) is 5.93. The van der Waals surface area contributed by atoms with Crippen LogP contribution in [0.1, 0.15) is 5.56 Å². The Balaban J connectivity index is 1.40. The fraction of sp³-hybridized carbons (Fsp3) is 0.269. The number of ether oxygens (including phenoxy) is 1. The molecule has 1 aliphatic heterocycles. The van der Waals surface area contributed by atoms with Crippen molar-refractivity contribution in [1.82, 2.24) is 4.72 Å². The maximum Gasteiger partial charge on any atom is 0.322 e. The Labute approximate surface area is 205 Å². The van der Waals surface area contributed by atoms with Crippen LogP contribution in [0.2, 0.25) is 0 Å². The second-order valence-electron chi connectivity index (χ2n) is 8.34. The summed E-state index contributed by atoms with van der Waals surface area (Å²) in [6.45, 7) is 3.17. The van der Waals surface area contributed by atoms with Crippen molar-refractivity contribution in [2.45, 2.75) is 17.4 Å². The number of carboxylic acids is 1. The summed E-state index contributed by atoms with van der Waals surface area (Å²) in [7, 11) is -2.33. The van der Waals surface area contributed by atoms with Crippen molar-refractivity contribution in [3.05, 3.63) is 84.4 Å². The number of carbonyl (C=O) groups is 1. The van der Waals surface area contributed by atoms with Gasteiger partial charge < -0.3 is 19.6 Å². The van der Waals surface area contributed by atoms with Gasteiger partial charge in [0.05, 0.1) is 17.7 Å². The summed E-state index contributed by atoms with van der Waals surface area (Å²) in [5, 5.41) is 9.55. The molecule has 2 N–H and O–H groups in total. The zero-order chi connectivity index (χ0) is 24.8. The predicted octanol–water partition coefficient (Wildman–Crippen LogP) is 3.00. The molecule has 0 amide bonds. The zero-order valence-electron chi connectivity index (χ0n) is 19.5. The van der Waals surface area contributed by atoms with Crippen molar-refractivity contribution in [1.29, 1.82) is 0 Å². The molecule has 4 rings (SSSR count). The molecule has 35 heavy (non-hydrogen) atoms. The lowest BCUT2D eigenvalue weighted by Gasteiger charge is -2.37. The van der Waals surface area contributed by atoms with Crippen LogP contribution in [0.15, 0.2) is 83.8 Å². The minimum Gasteiger partial charge on any atom is -0.495 e. The number of para-hydroxylation sites is 2. The highest BCUT2D eigenvalue weighted by molar-refractivity contribution is 7.89. The first-order valence-corrected chi connectivity index (χ1v) is 12.9. The van der Waals surface area contributed by atoms with Crippen LogP contribution in [0.4, 0.5) is 11.4 Å². The number of nitrogens with one attached hydrogen (secondary N) is 1. The number of methoxy groups -OCH3 is 1. The van der Waals surface area contributed by atoms with Crippen molar-refractivity contribution in [3.63, 3.8) is 0 Å². The minimum absolute atomic E-state index is 0.0354. The van der Waals surface area contributed by atoms with E-state index in [0.717, 1.165) is 48.9 Å².